The highest BCUT2D eigenvalue weighted by Crippen LogP contribution is 2.20. The standard InChI is InChI=1S/C24H20FN5O2/c1-28(2)14-11-22(31)23-24(32)19(17-7-4-3-5-8-17)16-30(27-23)21-10-9-18(15-20(21)25)29-13-6-12-26-29/h3-16H,1-2H3. The monoisotopic (exact) mass is 429 g/mol. The normalized spacial score (nSPS) is 11.1. The molecular formula is C24H20FN5O2. The van der Waals surface area contributed by atoms with Crippen LogP contribution in [0.1, 0.15) is 10.5 Å². The molecule has 0 radical (unpaired) electrons. The molecule has 4 rings (SSSR count). The minimum atomic E-state index is -0.574. The second-order valence-corrected chi connectivity index (χ2v) is 7.26. The molecule has 4 aromatic rings. The molecule has 2 aromatic heterocycles. The highest BCUT2D eigenvalue weighted by atomic mass is 19.1. The van der Waals surface area contributed by atoms with Crippen LogP contribution >= 0.6 is 0 Å². The van der Waals surface area contributed by atoms with Crippen molar-refractivity contribution in [2.24, 2.45) is 0 Å². The van der Waals surface area contributed by atoms with Crippen LogP contribution in [0, 0.1) is 5.82 Å². The summed E-state index contributed by atoms with van der Waals surface area (Å²) >= 11 is 0. The van der Waals surface area contributed by atoms with Crippen LogP contribution in [0.3, 0.4) is 0 Å². The van der Waals surface area contributed by atoms with Crippen molar-refractivity contribution in [3.63, 3.8) is 0 Å². The van der Waals surface area contributed by atoms with E-state index in [9.17, 15) is 9.59 Å². The molecule has 0 fully saturated rings. The van der Waals surface area contributed by atoms with E-state index in [0.717, 1.165) is 0 Å². The Kier molecular flexibility index (Phi) is 5.76. The van der Waals surface area contributed by atoms with Crippen molar-refractivity contribution in [1.82, 2.24) is 24.5 Å². The van der Waals surface area contributed by atoms with Crippen LogP contribution in [0.5, 0.6) is 0 Å². The molecule has 0 spiro atoms. The summed E-state index contributed by atoms with van der Waals surface area (Å²) in [5.41, 5.74) is 0.676. The molecule has 7 nitrogen and oxygen atoms in total. The molecule has 0 bridgehead atoms. The molecule has 0 atom stereocenters. The molecule has 2 aromatic carbocycles. The van der Waals surface area contributed by atoms with Gasteiger partial charge < -0.3 is 4.90 Å². The first-order valence-electron chi connectivity index (χ1n) is 9.82. The van der Waals surface area contributed by atoms with Crippen LogP contribution in [-0.2, 0) is 0 Å². The van der Waals surface area contributed by atoms with Gasteiger partial charge in [0.25, 0.3) is 0 Å². The first-order chi connectivity index (χ1) is 15.4. The predicted octanol–water partition coefficient (Wildman–Crippen LogP) is 3.48. The van der Waals surface area contributed by atoms with Crippen molar-refractivity contribution in [2.45, 2.75) is 0 Å². The molecular weight excluding hydrogens is 409 g/mol. The molecule has 0 saturated heterocycles. The summed E-state index contributed by atoms with van der Waals surface area (Å²) in [6.45, 7) is 0. The van der Waals surface area contributed by atoms with Gasteiger partial charge in [-0.2, -0.15) is 10.2 Å². The number of carbonyl (C=O) groups excluding carboxylic acids is 1. The van der Waals surface area contributed by atoms with E-state index in [1.54, 1.807) is 67.8 Å². The summed E-state index contributed by atoms with van der Waals surface area (Å²) < 4.78 is 17.8. The van der Waals surface area contributed by atoms with E-state index in [0.29, 0.717) is 11.3 Å². The average Bonchev–Trinajstić information content (AvgIpc) is 3.33. The molecule has 160 valence electrons. The fraction of sp³-hybridized carbons (Fsp3) is 0.0833. The number of hydrogen-bond acceptors (Lipinski definition) is 5. The lowest BCUT2D eigenvalue weighted by Crippen LogP contribution is -2.23. The van der Waals surface area contributed by atoms with E-state index < -0.39 is 17.0 Å². The van der Waals surface area contributed by atoms with Gasteiger partial charge in [0.05, 0.1) is 5.69 Å². The maximum Gasteiger partial charge on any atom is 0.219 e. The number of allylic oxidation sites excluding steroid dienone is 1. The number of carbonyl (C=O) groups is 1. The van der Waals surface area contributed by atoms with Gasteiger partial charge in [-0.25, -0.2) is 13.8 Å². The SMILES string of the molecule is CN(C)C=CC(=O)c1nn(-c2ccc(-n3cccn3)cc2F)cc(-c2ccccc2)c1=O. The summed E-state index contributed by atoms with van der Waals surface area (Å²) in [4.78, 5) is 27.5. The van der Waals surface area contributed by atoms with Gasteiger partial charge in [0.1, 0.15) is 5.69 Å². The Morgan fingerprint density at radius 2 is 1.84 bits per heavy atom. The highest BCUT2D eigenvalue weighted by Gasteiger charge is 2.18. The van der Waals surface area contributed by atoms with Crippen LogP contribution in [-0.4, -0.2) is 44.3 Å². The molecule has 0 aliphatic heterocycles. The number of halogens is 1. The smallest absolute Gasteiger partial charge is 0.219 e. The maximum atomic E-state index is 15.1. The van der Waals surface area contributed by atoms with Crippen molar-refractivity contribution >= 4 is 5.78 Å². The fourth-order valence-corrected chi connectivity index (χ4v) is 3.14. The molecule has 0 aliphatic rings. The maximum absolute atomic E-state index is 15.1. The zero-order valence-corrected chi connectivity index (χ0v) is 17.5. The molecule has 0 amide bonds. The minimum absolute atomic E-state index is 0.101. The van der Waals surface area contributed by atoms with Crippen molar-refractivity contribution in [3.05, 3.63) is 107 Å². The summed E-state index contributed by atoms with van der Waals surface area (Å²) in [6, 6.07) is 15.2. The van der Waals surface area contributed by atoms with Crippen LogP contribution in [0.15, 0.2) is 90.3 Å². The zero-order chi connectivity index (χ0) is 22.7. The van der Waals surface area contributed by atoms with Gasteiger partial charge in [-0.3, -0.25) is 9.59 Å². The van der Waals surface area contributed by atoms with E-state index in [2.05, 4.69) is 10.2 Å². The van der Waals surface area contributed by atoms with E-state index in [1.165, 1.54) is 40.0 Å². The third kappa shape index (κ3) is 4.24. The quantitative estimate of drug-likeness (QED) is 0.347. The number of ketones is 1. The Morgan fingerprint density at radius 1 is 1.06 bits per heavy atom. The first kappa shape index (κ1) is 20.9. The third-order valence-corrected chi connectivity index (χ3v) is 4.71. The largest absolute Gasteiger partial charge is 0.383 e. The van der Waals surface area contributed by atoms with Crippen LogP contribution in [0.4, 0.5) is 4.39 Å². The summed E-state index contributed by atoms with van der Waals surface area (Å²) in [5.74, 6) is -1.14. The number of aromatic nitrogens is 4. The van der Waals surface area contributed by atoms with E-state index in [4.69, 9.17) is 0 Å². The third-order valence-electron chi connectivity index (χ3n) is 4.71. The number of hydrogen-bond donors (Lipinski definition) is 0. The predicted molar refractivity (Wildman–Crippen MR) is 120 cm³/mol. The number of rotatable bonds is 6. The van der Waals surface area contributed by atoms with Gasteiger partial charge in [0, 0.05) is 56.6 Å². The summed E-state index contributed by atoms with van der Waals surface area (Å²) in [6.07, 6.45) is 7.53. The first-order valence-corrected chi connectivity index (χ1v) is 9.82. The van der Waals surface area contributed by atoms with E-state index in [1.807, 2.05) is 6.07 Å². The van der Waals surface area contributed by atoms with Crippen LogP contribution in [0.2, 0.25) is 0 Å². The molecule has 0 saturated carbocycles. The summed E-state index contributed by atoms with van der Waals surface area (Å²) in [7, 11) is 3.51. The second kappa shape index (κ2) is 8.81. The Bertz CT molecular complexity index is 1340. The van der Waals surface area contributed by atoms with E-state index >= 15 is 4.39 Å². The van der Waals surface area contributed by atoms with Crippen molar-refractivity contribution in [1.29, 1.82) is 0 Å². The van der Waals surface area contributed by atoms with Crippen molar-refractivity contribution in [3.8, 4) is 22.5 Å². The van der Waals surface area contributed by atoms with Crippen LogP contribution < -0.4 is 5.43 Å². The lowest BCUT2D eigenvalue weighted by Gasteiger charge is -2.12. The van der Waals surface area contributed by atoms with Crippen molar-refractivity contribution < 1.29 is 9.18 Å². The second-order valence-electron chi connectivity index (χ2n) is 7.26. The zero-order valence-electron chi connectivity index (χ0n) is 17.5. The van der Waals surface area contributed by atoms with E-state index in [-0.39, 0.29) is 16.9 Å². The van der Waals surface area contributed by atoms with Crippen LogP contribution in [0.25, 0.3) is 22.5 Å². The lowest BCUT2D eigenvalue weighted by atomic mass is 10.1. The lowest BCUT2D eigenvalue weighted by molar-refractivity contribution is 0.103. The fourth-order valence-electron chi connectivity index (χ4n) is 3.14. The molecule has 0 aliphatic carbocycles. The minimum Gasteiger partial charge on any atom is -0.383 e. The topological polar surface area (TPSA) is 73.0 Å². The Morgan fingerprint density at radius 3 is 2.50 bits per heavy atom. The Hall–Kier alpha value is -4.33. The van der Waals surface area contributed by atoms with Crippen molar-refractivity contribution in [2.75, 3.05) is 14.1 Å². The Labute approximate surface area is 183 Å². The van der Waals surface area contributed by atoms with Gasteiger partial charge in [0.2, 0.25) is 11.2 Å². The number of nitrogens with zero attached hydrogens (tertiary/aromatic N) is 5. The highest BCUT2D eigenvalue weighted by molar-refractivity contribution is 6.03. The molecule has 2 heterocycles. The summed E-state index contributed by atoms with van der Waals surface area (Å²) in [5, 5.41) is 8.28. The molecule has 8 heteroatoms. The van der Waals surface area contributed by atoms with Gasteiger partial charge >= 0.3 is 0 Å². The van der Waals surface area contributed by atoms with Gasteiger partial charge in [-0.15, -0.1) is 0 Å². The number of benzene rings is 2. The molecule has 0 unspecified atom stereocenters. The Balaban J connectivity index is 1.88. The van der Waals surface area contributed by atoms with Gasteiger partial charge in [-0.1, -0.05) is 30.3 Å². The molecule has 32 heavy (non-hydrogen) atoms. The van der Waals surface area contributed by atoms with Gasteiger partial charge in [0.15, 0.2) is 11.5 Å². The van der Waals surface area contributed by atoms with Gasteiger partial charge in [-0.05, 0) is 23.8 Å². The molecule has 0 N–H and O–H groups in total. The average molecular weight is 429 g/mol.